The summed E-state index contributed by atoms with van der Waals surface area (Å²) in [7, 11) is 0. The molecule has 3 N–H and O–H groups in total. The van der Waals surface area contributed by atoms with Crippen molar-refractivity contribution in [3.05, 3.63) is 65.2 Å². The van der Waals surface area contributed by atoms with Crippen molar-refractivity contribution in [1.29, 1.82) is 0 Å². The lowest BCUT2D eigenvalue weighted by molar-refractivity contribution is -0.138. The predicted molar refractivity (Wildman–Crippen MR) is 93.6 cm³/mol. The monoisotopic (exact) mass is 362 g/mol. The molecule has 138 valence electrons. The van der Waals surface area contributed by atoms with Gasteiger partial charge in [0.05, 0.1) is 23.8 Å². The number of fused-ring (bicyclic) bond motifs is 3. The molecule has 2 heterocycles. The summed E-state index contributed by atoms with van der Waals surface area (Å²) in [5.74, 6) is 0.0659. The van der Waals surface area contributed by atoms with Crippen LogP contribution in [0.25, 0.3) is 0 Å². The molecule has 6 heteroatoms. The fourth-order valence-electron chi connectivity index (χ4n) is 4.10. The van der Waals surface area contributed by atoms with E-state index in [2.05, 4.69) is 5.32 Å². The van der Waals surface area contributed by atoms with Gasteiger partial charge in [0, 0.05) is 23.7 Å². The number of alkyl halides is 3. The van der Waals surface area contributed by atoms with Gasteiger partial charge in [-0.3, -0.25) is 0 Å². The standard InChI is InChI=1S/C20H21F3N2O/c21-20(22,23)13-6-9-17-16(10-13)19-15(8-7-14(11-24)26-19)18(25-17)12-4-2-1-3-5-12/h1-6,9-10,14-15,18-19,25H,7-8,11,24H2/t14-,15+,18+,19?/m1/s1. The van der Waals surface area contributed by atoms with E-state index in [4.69, 9.17) is 10.5 Å². The predicted octanol–water partition coefficient (Wildman–Crippen LogP) is 4.67. The summed E-state index contributed by atoms with van der Waals surface area (Å²) >= 11 is 0. The SMILES string of the molecule is NC[C@H]1CC[C@@H]2C(O1)c1cc(C(F)(F)F)ccc1N[C@H]2c1ccccc1. The van der Waals surface area contributed by atoms with Crippen molar-refractivity contribution in [2.75, 3.05) is 11.9 Å². The van der Waals surface area contributed by atoms with E-state index < -0.39 is 11.7 Å². The second-order valence-corrected chi connectivity index (χ2v) is 6.99. The molecule has 1 unspecified atom stereocenters. The first-order chi connectivity index (χ1) is 12.5. The van der Waals surface area contributed by atoms with Crippen molar-refractivity contribution >= 4 is 5.69 Å². The number of rotatable bonds is 2. The molecular weight excluding hydrogens is 341 g/mol. The largest absolute Gasteiger partial charge is 0.416 e. The van der Waals surface area contributed by atoms with E-state index in [1.807, 2.05) is 30.3 Å². The summed E-state index contributed by atoms with van der Waals surface area (Å²) in [5, 5.41) is 3.45. The Balaban J connectivity index is 1.77. The van der Waals surface area contributed by atoms with Crippen LogP contribution in [0.3, 0.4) is 0 Å². The van der Waals surface area contributed by atoms with Crippen LogP contribution in [0.1, 0.15) is 41.7 Å². The number of halogens is 3. The molecule has 1 saturated heterocycles. The van der Waals surface area contributed by atoms with Crippen molar-refractivity contribution in [3.63, 3.8) is 0 Å². The number of nitrogens with two attached hydrogens (primary N) is 1. The van der Waals surface area contributed by atoms with Gasteiger partial charge in [0.15, 0.2) is 0 Å². The molecule has 0 bridgehead atoms. The third-order valence-electron chi connectivity index (χ3n) is 5.40. The quantitative estimate of drug-likeness (QED) is 0.816. The van der Waals surface area contributed by atoms with Crippen LogP contribution in [-0.4, -0.2) is 12.6 Å². The molecule has 0 spiro atoms. The average molecular weight is 362 g/mol. The average Bonchev–Trinajstić information content (AvgIpc) is 2.66. The maximum Gasteiger partial charge on any atom is 0.416 e. The van der Waals surface area contributed by atoms with Gasteiger partial charge in [-0.05, 0) is 36.6 Å². The van der Waals surface area contributed by atoms with Crippen LogP contribution in [0.2, 0.25) is 0 Å². The molecule has 2 aliphatic heterocycles. The summed E-state index contributed by atoms with van der Waals surface area (Å²) in [4.78, 5) is 0. The first-order valence-electron chi connectivity index (χ1n) is 8.85. The van der Waals surface area contributed by atoms with E-state index >= 15 is 0 Å². The normalized spacial score (nSPS) is 28.0. The van der Waals surface area contributed by atoms with Crippen LogP contribution in [0, 0.1) is 5.92 Å². The number of hydrogen-bond acceptors (Lipinski definition) is 3. The highest BCUT2D eigenvalue weighted by atomic mass is 19.4. The van der Waals surface area contributed by atoms with Crippen molar-refractivity contribution in [3.8, 4) is 0 Å². The molecular formula is C20H21F3N2O. The van der Waals surface area contributed by atoms with Crippen LogP contribution in [-0.2, 0) is 10.9 Å². The fourth-order valence-corrected chi connectivity index (χ4v) is 4.10. The van der Waals surface area contributed by atoms with Gasteiger partial charge in [-0.1, -0.05) is 30.3 Å². The smallest absolute Gasteiger partial charge is 0.378 e. The highest BCUT2D eigenvalue weighted by molar-refractivity contribution is 5.58. The minimum Gasteiger partial charge on any atom is -0.378 e. The molecule has 0 saturated carbocycles. The molecule has 4 atom stereocenters. The van der Waals surface area contributed by atoms with Crippen molar-refractivity contribution in [2.45, 2.75) is 37.3 Å². The molecule has 2 aliphatic rings. The Morgan fingerprint density at radius 1 is 1.08 bits per heavy atom. The zero-order valence-corrected chi connectivity index (χ0v) is 14.2. The van der Waals surface area contributed by atoms with Gasteiger partial charge in [0.2, 0.25) is 0 Å². The van der Waals surface area contributed by atoms with Crippen molar-refractivity contribution in [1.82, 2.24) is 0 Å². The lowest BCUT2D eigenvalue weighted by Crippen LogP contribution is -2.41. The first kappa shape index (κ1) is 17.4. The van der Waals surface area contributed by atoms with Crippen molar-refractivity contribution < 1.29 is 17.9 Å². The van der Waals surface area contributed by atoms with E-state index in [-0.39, 0.29) is 24.2 Å². The molecule has 0 aromatic heterocycles. The Labute approximate surface area is 150 Å². The van der Waals surface area contributed by atoms with E-state index in [0.717, 1.165) is 24.5 Å². The zero-order valence-electron chi connectivity index (χ0n) is 14.2. The lowest BCUT2D eigenvalue weighted by Gasteiger charge is -2.45. The molecule has 2 aromatic rings. The highest BCUT2D eigenvalue weighted by Gasteiger charge is 2.43. The molecule has 4 rings (SSSR count). The number of hydrogen-bond donors (Lipinski definition) is 2. The van der Waals surface area contributed by atoms with Crippen LogP contribution in [0.4, 0.5) is 18.9 Å². The Hall–Kier alpha value is -2.05. The number of benzene rings is 2. The van der Waals surface area contributed by atoms with Gasteiger partial charge >= 0.3 is 6.18 Å². The molecule has 0 radical (unpaired) electrons. The summed E-state index contributed by atoms with van der Waals surface area (Å²) < 4.78 is 45.7. The van der Waals surface area contributed by atoms with Crippen molar-refractivity contribution in [2.24, 2.45) is 11.7 Å². The van der Waals surface area contributed by atoms with Gasteiger partial charge in [0.25, 0.3) is 0 Å². The van der Waals surface area contributed by atoms with Gasteiger partial charge in [0.1, 0.15) is 0 Å². The second-order valence-electron chi connectivity index (χ2n) is 6.99. The Morgan fingerprint density at radius 3 is 2.54 bits per heavy atom. The van der Waals surface area contributed by atoms with Crippen LogP contribution >= 0.6 is 0 Å². The molecule has 0 aliphatic carbocycles. The maximum absolute atomic E-state index is 13.2. The summed E-state index contributed by atoms with van der Waals surface area (Å²) in [6.07, 6.45) is -3.21. The molecule has 26 heavy (non-hydrogen) atoms. The topological polar surface area (TPSA) is 47.3 Å². The minimum absolute atomic E-state index is 0.00385. The molecule has 1 fully saturated rings. The maximum atomic E-state index is 13.2. The summed E-state index contributed by atoms with van der Waals surface area (Å²) in [5.41, 5.74) is 7.52. The Kier molecular flexibility index (Phi) is 4.40. The molecule has 0 amide bonds. The fraction of sp³-hybridized carbons (Fsp3) is 0.400. The van der Waals surface area contributed by atoms with Gasteiger partial charge in [-0.15, -0.1) is 0 Å². The number of nitrogens with one attached hydrogen (secondary N) is 1. The Bertz CT molecular complexity index is 778. The third kappa shape index (κ3) is 3.08. The zero-order chi connectivity index (χ0) is 18.3. The summed E-state index contributed by atoms with van der Waals surface area (Å²) in [6, 6.07) is 13.8. The van der Waals surface area contributed by atoms with Gasteiger partial charge in [-0.25, -0.2) is 0 Å². The third-order valence-corrected chi connectivity index (χ3v) is 5.40. The van der Waals surface area contributed by atoms with E-state index in [9.17, 15) is 13.2 Å². The number of anilines is 1. The molecule has 3 nitrogen and oxygen atoms in total. The van der Waals surface area contributed by atoms with E-state index in [1.165, 1.54) is 12.1 Å². The number of ether oxygens (including phenoxy) is 1. The highest BCUT2D eigenvalue weighted by Crippen LogP contribution is 2.51. The lowest BCUT2D eigenvalue weighted by atomic mass is 9.76. The first-order valence-corrected chi connectivity index (χ1v) is 8.85. The van der Waals surface area contributed by atoms with Crippen LogP contribution in [0.5, 0.6) is 0 Å². The second kappa shape index (κ2) is 6.59. The Morgan fingerprint density at radius 2 is 1.85 bits per heavy atom. The van der Waals surface area contributed by atoms with E-state index in [0.29, 0.717) is 17.8 Å². The summed E-state index contributed by atoms with van der Waals surface area (Å²) in [6.45, 7) is 0.376. The van der Waals surface area contributed by atoms with Crippen LogP contribution < -0.4 is 11.1 Å². The van der Waals surface area contributed by atoms with E-state index in [1.54, 1.807) is 0 Å². The molecule has 2 aromatic carbocycles. The minimum atomic E-state index is -4.37. The van der Waals surface area contributed by atoms with Crippen LogP contribution in [0.15, 0.2) is 48.5 Å². The van der Waals surface area contributed by atoms with Gasteiger partial charge in [-0.2, -0.15) is 13.2 Å². The van der Waals surface area contributed by atoms with Gasteiger partial charge < -0.3 is 15.8 Å².